The maximum Gasteiger partial charge on any atom is 0.394 e. The van der Waals surface area contributed by atoms with Crippen molar-refractivity contribution in [2.24, 2.45) is 23.0 Å². The van der Waals surface area contributed by atoms with Crippen molar-refractivity contribution in [2.75, 3.05) is 13.1 Å². The number of hydrogen-bond donors (Lipinski definition) is 1. The molecule has 0 aromatic rings. The van der Waals surface area contributed by atoms with E-state index in [-0.39, 0.29) is 12.0 Å². The lowest BCUT2D eigenvalue weighted by molar-refractivity contribution is -0.182. The molecule has 1 heterocycles. The summed E-state index contributed by atoms with van der Waals surface area (Å²) < 4.78 is 38.8. The summed E-state index contributed by atoms with van der Waals surface area (Å²) in [5, 5.41) is 0. The molecule has 1 aliphatic heterocycles. The van der Waals surface area contributed by atoms with Gasteiger partial charge in [0.05, 0.1) is 11.8 Å². The van der Waals surface area contributed by atoms with Crippen molar-refractivity contribution < 1.29 is 22.8 Å². The highest BCUT2D eigenvalue weighted by molar-refractivity contribution is 5.93. The Balaban J connectivity index is 2.95. The first kappa shape index (κ1) is 17.5. The molecular weight excluding hydrogens is 285 g/mol. The summed E-state index contributed by atoms with van der Waals surface area (Å²) in [6.45, 7) is 6.42. The van der Waals surface area contributed by atoms with Gasteiger partial charge in [-0.15, -0.1) is 0 Å². The topological polar surface area (TPSA) is 63.4 Å². The van der Waals surface area contributed by atoms with Crippen LogP contribution >= 0.6 is 0 Å². The number of hydrogen-bond acceptors (Lipinski definition) is 2. The molecule has 2 atom stereocenters. The SMILES string of the molecule is C/C(=C\C(C)(C)C)C(=O)N1C[C@@H](C(F)(F)F)[C@H](C(N)=O)C1. The Bertz CT molecular complexity index is 464. The normalized spacial score (nSPS) is 24.3. The van der Waals surface area contributed by atoms with Crippen LogP contribution in [0.2, 0.25) is 0 Å². The van der Waals surface area contributed by atoms with Gasteiger partial charge in [0.25, 0.3) is 0 Å². The summed E-state index contributed by atoms with van der Waals surface area (Å²) in [6.07, 6.45) is -2.84. The van der Waals surface area contributed by atoms with Crippen LogP contribution in [0.25, 0.3) is 0 Å². The zero-order valence-corrected chi connectivity index (χ0v) is 12.6. The molecule has 0 saturated carbocycles. The Hall–Kier alpha value is -1.53. The Morgan fingerprint density at radius 2 is 1.71 bits per heavy atom. The lowest BCUT2D eigenvalue weighted by Gasteiger charge is -2.20. The highest BCUT2D eigenvalue weighted by Gasteiger charge is 2.52. The van der Waals surface area contributed by atoms with Crippen LogP contribution in [-0.2, 0) is 9.59 Å². The van der Waals surface area contributed by atoms with Crippen LogP contribution in [0.15, 0.2) is 11.6 Å². The summed E-state index contributed by atoms with van der Waals surface area (Å²) in [6, 6.07) is 0. The predicted molar refractivity (Wildman–Crippen MR) is 72.0 cm³/mol. The second kappa shape index (κ2) is 5.69. The van der Waals surface area contributed by atoms with Gasteiger partial charge in [-0.3, -0.25) is 9.59 Å². The van der Waals surface area contributed by atoms with E-state index in [1.54, 1.807) is 13.0 Å². The molecule has 0 spiro atoms. The molecule has 1 rings (SSSR count). The third kappa shape index (κ3) is 4.47. The molecule has 0 aromatic carbocycles. The number of halogens is 3. The van der Waals surface area contributed by atoms with E-state index in [9.17, 15) is 22.8 Å². The van der Waals surface area contributed by atoms with E-state index in [1.807, 2.05) is 20.8 Å². The van der Waals surface area contributed by atoms with Crippen LogP contribution in [0.4, 0.5) is 13.2 Å². The van der Waals surface area contributed by atoms with Gasteiger partial charge in [0, 0.05) is 18.7 Å². The number of nitrogens with zero attached hydrogens (tertiary/aromatic N) is 1. The lowest BCUT2D eigenvalue weighted by Crippen LogP contribution is -2.37. The van der Waals surface area contributed by atoms with Crippen LogP contribution in [-0.4, -0.2) is 36.0 Å². The van der Waals surface area contributed by atoms with Gasteiger partial charge in [-0.1, -0.05) is 26.8 Å². The van der Waals surface area contributed by atoms with Crippen molar-refractivity contribution in [3.8, 4) is 0 Å². The molecule has 4 nitrogen and oxygen atoms in total. The lowest BCUT2D eigenvalue weighted by atomic mass is 9.93. The smallest absolute Gasteiger partial charge is 0.369 e. The quantitative estimate of drug-likeness (QED) is 0.794. The van der Waals surface area contributed by atoms with Gasteiger partial charge in [0.15, 0.2) is 0 Å². The van der Waals surface area contributed by atoms with Gasteiger partial charge in [0.1, 0.15) is 0 Å². The van der Waals surface area contributed by atoms with Crippen molar-refractivity contribution in [2.45, 2.75) is 33.9 Å². The Morgan fingerprint density at radius 3 is 2.05 bits per heavy atom. The Kier molecular flexibility index (Phi) is 4.75. The van der Waals surface area contributed by atoms with Crippen LogP contribution in [0.1, 0.15) is 27.7 Å². The number of nitrogens with two attached hydrogens (primary N) is 1. The average Bonchev–Trinajstić information content (AvgIpc) is 2.69. The van der Waals surface area contributed by atoms with Gasteiger partial charge < -0.3 is 10.6 Å². The Labute approximate surface area is 122 Å². The van der Waals surface area contributed by atoms with Gasteiger partial charge in [0.2, 0.25) is 11.8 Å². The van der Waals surface area contributed by atoms with Crippen LogP contribution < -0.4 is 5.73 Å². The standard InChI is InChI=1S/C14H21F3N2O2/c1-8(5-13(2,3)4)12(21)19-6-9(11(18)20)10(7-19)14(15,16)17/h5,9-10H,6-7H2,1-4H3,(H2,18,20)/b8-5+/t9-,10-/m1/s1. The fourth-order valence-electron chi connectivity index (χ4n) is 2.55. The summed E-state index contributed by atoms with van der Waals surface area (Å²) >= 11 is 0. The van der Waals surface area contributed by atoms with Crippen LogP contribution in [0, 0.1) is 17.3 Å². The molecular formula is C14H21F3N2O2. The third-order valence-corrected chi connectivity index (χ3v) is 3.38. The molecule has 1 aliphatic rings. The number of likely N-dealkylation sites (tertiary alicyclic amines) is 1. The molecule has 1 fully saturated rings. The molecule has 21 heavy (non-hydrogen) atoms. The van der Waals surface area contributed by atoms with E-state index in [0.29, 0.717) is 5.57 Å². The maximum absolute atomic E-state index is 12.9. The Morgan fingerprint density at radius 1 is 1.19 bits per heavy atom. The number of amides is 2. The molecule has 0 unspecified atom stereocenters. The van der Waals surface area contributed by atoms with Gasteiger partial charge in [-0.25, -0.2) is 0 Å². The zero-order valence-electron chi connectivity index (χ0n) is 12.6. The first-order chi connectivity index (χ1) is 9.33. The molecule has 0 aromatic heterocycles. The minimum Gasteiger partial charge on any atom is -0.369 e. The number of rotatable bonds is 2. The molecule has 2 N–H and O–H groups in total. The number of carbonyl (C=O) groups excluding carboxylic acids is 2. The fourth-order valence-corrected chi connectivity index (χ4v) is 2.55. The summed E-state index contributed by atoms with van der Waals surface area (Å²) in [4.78, 5) is 24.5. The zero-order chi connectivity index (χ0) is 16.6. The number of allylic oxidation sites excluding steroid dienone is 1. The second-order valence-corrected chi connectivity index (χ2v) is 6.56. The van der Waals surface area contributed by atoms with E-state index in [0.717, 1.165) is 4.90 Å². The van der Waals surface area contributed by atoms with E-state index in [1.165, 1.54) is 0 Å². The van der Waals surface area contributed by atoms with E-state index in [2.05, 4.69) is 0 Å². The molecule has 0 radical (unpaired) electrons. The van der Waals surface area contributed by atoms with E-state index >= 15 is 0 Å². The number of carbonyl (C=O) groups is 2. The first-order valence-corrected chi connectivity index (χ1v) is 6.67. The molecule has 0 bridgehead atoms. The molecule has 0 aliphatic carbocycles. The highest BCUT2D eigenvalue weighted by atomic mass is 19.4. The minimum atomic E-state index is -4.55. The average molecular weight is 306 g/mol. The molecule has 120 valence electrons. The summed E-state index contributed by atoms with van der Waals surface area (Å²) in [5.41, 5.74) is 5.14. The minimum absolute atomic E-state index is 0.258. The molecule has 7 heteroatoms. The molecule has 1 saturated heterocycles. The largest absolute Gasteiger partial charge is 0.394 e. The summed E-state index contributed by atoms with van der Waals surface area (Å²) in [5.74, 6) is -4.77. The van der Waals surface area contributed by atoms with Crippen molar-refractivity contribution >= 4 is 11.8 Å². The van der Waals surface area contributed by atoms with Crippen molar-refractivity contribution in [3.63, 3.8) is 0 Å². The number of alkyl halides is 3. The van der Waals surface area contributed by atoms with Crippen molar-refractivity contribution in [1.82, 2.24) is 4.90 Å². The van der Waals surface area contributed by atoms with Crippen molar-refractivity contribution in [3.05, 3.63) is 11.6 Å². The maximum atomic E-state index is 12.9. The predicted octanol–water partition coefficient (Wildman–Crippen LogP) is 2.10. The summed E-state index contributed by atoms with van der Waals surface area (Å²) in [7, 11) is 0. The monoisotopic (exact) mass is 306 g/mol. The highest BCUT2D eigenvalue weighted by Crippen LogP contribution is 2.38. The van der Waals surface area contributed by atoms with Gasteiger partial charge >= 0.3 is 6.18 Å². The second-order valence-electron chi connectivity index (χ2n) is 6.56. The first-order valence-electron chi connectivity index (χ1n) is 6.67. The van der Waals surface area contributed by atoms with Crippen LogP contribution in [0.5, 0.6) is 0 Å². The van der Waals surface area contributed by atoms with E-state index < -0.39 is 36.4 Å². The van der Waals surface area contributed by atoms with E-state index in [4.69, 9.17) is 5.73 Å². The third-order valence-electron chi connectivity index (χ3n) is 3.38. The number of primary amides is 1. The van der Waals surface area contributed by atoms with Crippen LogP contribution in [0.3, 0.4) is 0 Å². The van der Waals surface area contributed by atoms with Crippen molar-refractivity contribution in [1.29, 1.82) is 0 Å². The molecule has 2 amide bonds. The van der Waals surface area contributed by atoms with Gasteiger partial charge in [-0.05, 0) is 12.3 Å². The fraction of sp³-hybridized carbons (Fsp3) is 0.714. The van der Waals surface area contributed by atoms with Gasteiger partial charge in [-0.2, -0.15) is 13.2 Å².